The van der Waals surface area contributed by atoms with Crippen molar-refractivity contribution in [1.82, 2.24) is 10.2 Å². The largest absolute Gasteiger partial charge is 0.479 e. The lowest BCUT2D eigenvalue weighted by Crippen LogP contribution is -2.21. The third-order valence-electron chi connectivity index (χ3n) is 1.27. The van der Waals surface area contributed by atoms with Crippen LogP contribution in [0.25, 0.3) is 0 Å². The SMILES string of the molecule is O=C(O)C(O)Cc1cn[nH]c1. The summed E-state index contributed by atoms with van der Waals surface area (Å²) < 4.78 is 0. The highest BCUT2D eigenvalue weighted by Gasteiger charge is 2.13. The molecule has 1 aromatic rings. The van der Waals surface area contributed by atoms with Gasteiger partial charge in [-0.25, -0.2) is 4.79 Å². The fourth-order valence-corrected chi connectivity index (χ4v) is 0.700. The Morgan fingerprint density at radius 2 is 2.55 bits per heavy atom. The Morgan fingerprint density at radius 1 is 1.82 bits per heavy atom. The van der Waals surface area contributed by atoms with Crippen LogP contribution in [0.5, 0.6) is 0 Å². The monoisotopic (exact) mass is 156 g/mol. The second-order valence-electron chi connectivity index (χ2n) is 2.16. The van der Waals surface area contributed by atoms with Crippen molar-refractivity contribution < 1.29 is 15.0 Å². The molecular weight excluding hydrogens is 148 g/mol. The van der Waals surface area contributed by atoms with Gasteiger partial charge < -0.3 is 10.2 Å². The molecule has 0 radical (unpaired) electrons. The number of aromatic nitrogens is 2. The molecule has 0 aliphatic heterocycles. The highest BCUT2D eigenvalue weighted by Crippen LogP contribution is 1.99. The van der Waals surface area contributed by atoms with Gasteiger partial charge in [-0.15, -0.1) is 0 Å². The van der Waals surface area contributed by atoms with Gasteiger partial charge in [0.1, 0.15) is 0 Å². The zero-order valence-corrected chi connectivity index (χ0v) is 5.69. The van der Waals surface area contributed by atoms with Crippen LogP contribution in [0.1, 0.15) is 5.56 Å². The van der Waals surface area contributed by atoms with E-state index in [0.29, 0.717) is 5.56 Å². The summed E-state index contributed by atoms with van der Waals surface area (Å²) in [7, 11) is 0. The van der Waals surface area contributed by atoms with Crippen LogP contribution in [-0.4, -0.2) is 32.5 Å². The van der Waals surface area contributed by atoms with Crippen molar-refractivity contribution in [1.29, 1.82) is 0 Å². The number of hydrogen-bond donors (Lipinski definition) is 3. The molecule has 11 heavy (non-hydrogen) atoms. The Morgan fingerprint density at radius 3 is 3.00 bits per heavy atom. The van der Waals surface area contributed by atoms with E-state index in [0.717, 1.165) is 0 Å². The second kappa shape index (κ2) is 3.16. The van der Waals surface area contributed by atoms with Crippen molar-refractivity contribution >= 4 is 5.97 Å². The molecular formula is C6H8N2O3. The van der Waals surface area contributed by atoms with Crippen molar-refractivity contribution in [2.45, 2.75) is 12.5 Å². The van der Waals surface area contributed by atoms with Crippen LogP contribution in [-0.2, 0) is 11.2 Å². The van der Waals surface area contributed by atoms with Crippen molar-refractivity contribution in [3.8, 4) is 0 Å². The number of carboxylic acids is 1. The maximum absolute atomic E-state index is 10.1. The van der Waals surface area contributed by atoms with E-state index in [4.69, 9.17) is 10.2 Å². The van der Waals surface area contributed by atoms with E-state index in [1.807, 2.05) is 0 Å². The first kappa shape index (κ1) is 7.74. The smallest absolute Gasteiger partial charge is 0.332 e. The van der Waals surface area contributed by atoms with Gasteiger partial charge >= 0.3 is 5.97 Å². The van der Waals surface area contributed by atoms with E-state index in [1.165, 1.54) is 6.20 Å². The molecule has 1 heterocycles. The van der Waals surface area contributed by atoms with Crippen molar-refractivity contribution in [2.24, 2.45) is 0 Å². The number of aromatic amines is 1. The van der Waals surface area contributed by atoms with Gasteiger partial charge in [0.25, 0.3) is 0 Å². The van der Waals surface area contributed by atoms with Crippen LogP contribution >= 0.6 is 0 Å². The van der Waals surface area contributed by atoms with Gasteiger partial charge in [0.05, 0.1) is 6.20 Å². The molecule has 0 amide bonds. The molecule has 1 atom stereocenters. The number of aliphatic hydroxyl groups excluding tert-OH is 1. The van der Waals surface area contributed by atoms with Gasteiger partial charge in [0.15, 0.2) is 6.10 Å². The first-order valence-electron chi connectivity index (χ1n) is 3.08. The minimum absolute atomic E-state index is 0.0891. The quantitative estimate of drug-likeness (QED) is 0.545. The van der Waals surface area contributed by atoms with Gasteiger partial charge in [-0.2, -0.15) is 5.10 Å². The minimum atomic E-state index is -1.34. The van der Waals surface area contributed by atoms with E-state index in [2.05, 4.69) is 10.2 Å². The maximum Gasteiger partial charge on any atom is 0.332 e. The fourth-order valence-electron chi connectivity index (χ4n) is 0.700. The number of hydrogen-bond acceptors (Lipinski definition) is 3. The zero-order chi connectivity index (χ0) is 8.27. The molecule has 0 spiro atoms. The van der Waals surface area contributed by atoms with E-state index in [-0.39, 0.29) is 6.42 Å². The molecule has 1 unspecified atom stereocenters. The Kier molecular flexibility index (Phi) is 2.22. The summed E-state index contributed by atoms with van der Waals surface area (Å²) >= 11 is 0. The average Bonchev–Trinajstić information content (AvgIpc) is 2.39. The normalized spacial score (nSPS) is 12.8. The van der Waals surface area contributed by atoms with Gasteiger partial charge in [-0.3, -0.25) is 5.10 Å². The zero-order valence-electron chi connectivity index (χ0n) is 5.69. The standard InChI is InChI=1S/C6H8N2O3/c9-5(6(10)11)1-4-2-7-8-3-4/h2-3,5,9H,1H2,(H,7,8)(H,10,11). The van der Waals surface area contributed by atoms with E-state index < -0.39 is 12.1 Å². The third kappa shape index (κ3) is 2.05. The Hall–Kier alpha value is -1.36. The summed E-state index contributed by atoms with van der Waals surface area (Å²) in [6.45, 7) is 0. The highest BCUT2D eigenvalue weighted by atomic mass is 16.4. The van der Waals surface area contributed by atoms with E-state index in [1.54, 1.807) is 6.20 Å². The van der Waals surface area contributed by atoms with Crippen molar-refractivity contribution in [3.05, 3.63) is 18.0 Å². The molecule has 0 aliphatic carbocycles. The lowest BCUT2D eigenvalue weighted by atomic mass is 10.2. The third-order valence-corrected chi connectivity index (χ3v) is 1.27. The molecule has 0 saturated carbocycles. The molecule has 1 aromatic heterocycles. The molecule has 5 heteroatoms. The Bertz CT molecular complexity index is 232. The van der Waals surface area contributed by atoms with Crippen LogP contribution in [0.15, 0.2) is 12.4 Å². The summed E-state index contributed by atoms with van der Waals surface area (Å²) in [5.41, 5.74) is 0.680. The first-order valence-corrected chi connectivity index (χ1v) is 3.08. The molecule has 0 bridgehead atoms. The minimum Gasteiger partial charge on any atom is -0.479 e. The fraction of sp³-hybridized carbons (Fsp3) is 0.333. The Balaban J connectivity index is 2.50. The topological polar surface area (TPSA) is 86.2 Å². The van der Waals surface area contributed by atoms with Gasteiger partial charge in [0.2, 0.25) is 0 Å². The highest BCUT2D eigenvalue weighted by molar-refractivity contribution is 5.72. The molecule has 60 valence electrons. The van der Waals surface area contributed by atoms with Crippen LogP contribution < -0.4 is 0 Å². The second-order valence-corrected chi connectivity index (χ2v) is 2.16. The number of aliphatic carboxylic acids is 1. The number of nitrogens with one attached hydrogen (secondary N) is 1. The molecule has 3 N–H and O–H groups in total. The molecule has 0 fully saturated rings. The van der Waals surface area contributed by atoms with E-state index >= 15 is 0 Å². The predicted molar refractivity (Wildman–Crippen MR) is 35.9 cm³/mol. The van der Waals surface area contributed by atoms with Gasteiger partial charge in [-0.05, 0) is 5.56 Å². The lowest BCUT2D eigenvalue weighted by molar-refractivity contribution is -0.146. The summed E-state index contributed by atoms with van der Waals surface area (Å²) in [4.78, 5) is 10.1. The summed E-state index contributed by atoms with van der Waals surface area (Å²) in [5.74, 6) is -1.22. The summed E-state index contributed by atoms with van der Waals surface area (Å²) in [6, 6.07) is 0. The lowest BCUT2D eigenvalue weighted by Gasteiger charge is -2.00. The number of carboxylic acid groups (broad SMARTS) is 1. The van der Waals surface area contributed by atoms with E-state index in [9.17, 15) is 4.79 Å². The summed E-state index contributed by atoms with van der Waals surface area (Å²) in [6.07, 6.45) is 1.78. The molecule has 0 aromatic carbocycles. The van der Waals surface area contributed by atoms with Crippen LogP contribution in [0.3, 0.4) is 0 Å². The van der Waals surface area contributed by atoms with Gasteiger partial charge in [0, 0.05) is 12.6 Å². The van der Waals surface area contributed by atoms with Crippen molar-refractivity contribution in [2.75, 3.05) is 0 Å². The Labute approximate surface area is 62.7 Å². The van der Waals surface area contributed by atoms with Gasteiger partial charge in [-0.1, -0.05) is 0 Å². The molecule has 0 saturated heterocycles. The summed E-state index contributed by atoms with van der Waals surface area (Å²) in [5, 5.41) is 23.3. The predicted octanol–water partition coefficient (Wildman–Crippen LogP) is -0.602. The number of rotatable bonds is 3. The van der Waals surface area contributed by atoms with Crippen LogP contribution in [0.4, 0.5) is 0 Å². The first-order chi connectivity index (χ1) is 5.20. The molecule has 0 aliphatic rings. The van der Waals surface area contributed by atoms with Crippen LogP contribution in [0, 0.1) is 0 Å². The number of carbonyl (C=O) groups is 1. The van der Waals surface area contributed by atoms with Crippen molar-refractivity contribution in [3.63, 3.8) is 0 Å². The number of aliphatic hydroxyl groups is 1. The maximum atomic E-state index is 10.1. The average molecular weight is 156 g/mol. The van der Waals surface area contributed by atoms with Crippen LogP contribution in [0.2, 0.25) is 0 Å². The molecule has 5 nitrogen and oxygen atoms in total. The molecule has 1 rings (SSSR count). The number of H-pyrrole nitrogens is 1. The number of nitrogens with zero attached hydrogens (tertiary/aromatic N) is 1.